The van der Waals surface area contributed by atoms with Gasteiger partial charge in [0.25, 0.3) is 0 Å². The lowest BCUT2D eigenvalue weighted by atomic mass is 10.1. The van der Waals surface area contributed by atoms with E-state index in [1.165, 1.54) is 5.56 Å². The second-order valence-corrected chi connectivity index (χ2v) is 8.39. The second kappa shape index (κ2) is 9.20. The van der Waals surface area contributed by atoms with Crippen molar-refractivity contribution in [2.75, 3.05) is 68.8 Å². The first kappa shape index (κ1) is 19.6. The summed E-state index contributed by atoms with van der Waals surface area (Å²) in [4.78, 5) is 16.7. The maximum absolute atomic E-state index is 5.46. The summed E-state index contributed by atoms with van der Waals surface area (Å²) in [5.74, 6) is 1.90. The Morgan fingerprint density at radius 1 is 0.929 bits per heavy atom. The van der Waals surface area contributed by atoms with Gasteiger partial charge in [-0.1, -0.05) is 28.1 Å². The number of hydrogen-bond acceptors (Lipinski definition) is 6. The SMILES string of the molecule is Cc1cc(N2CCN(CCc3ccc(Br)cc3)CC2)nc(N2CCOCC2)n1. The number of nitrogens with zero attached hydrogens (tertiary/aromatic N) is 5. The lowest BCUT2D eigenvalue weighted by molar-refractivity contribution is 0.122. The highest BCUT2D eigenvalue weighted by Gasteiger charge is 2.21. The molecule has 2 fully saturated rings. The Labute approximate surface area is 175 Å². The highest BCUT2D eigenvalue weighted by Crippen LogP contribution is 2.20. The Morgan fingerprint density at radius 2 is 1.64 bits per heavy atom. The van der Waals surface area contributed by atoms with Crippen LogP contribution in [0.25, 0.3) is 0 Å². The van der Waals surface area contributed by atoms with E-state index in [9.17, 15) is 0 Å². The normalized spacial score (nSPS) is 18.5. The van der Waals surface area contributed by atoms with Crippen LogP contribution in [0.3, 0.4) is 0 Å². The predicted molar refractivity (Wildman–Crippen MR) is 116 cm³/mol. The molecule has 0 unspecified atom stereocenters. The van der Waals surface area contributed by atoms with Crippen LogP contribution < -0.4 is 9.80 Å². The monoisotopic (exact) mass is 445 g/mol. The number of aryl methyl sites for hydroxylation is 1. The van der Waals surface area contributed by atoms with Crippen LogP contribution in [0.2, 0.25) is 0 Å². The molecule has 0 aliphatic carbocycles. The van der Waals surface area contributed by atoms with Gasteiger partial charge in [-0.05, 0) is 31.0 Å². The molecule has 2 aliphatic rings. The summed E-state index contributed by atoms with van der Waals surface area (Å²) in [5.41, 5.74) is 2.43. The molecule has 0 bridgehead atoms. The van der Waals surface area contributed by atoms with Gasteiger partial charge in [0.2, 0.25) is 5.95 Å². The molecule has 0 N–H and O–H groups in total. The number of morpholine rings is 1. The molecule has 0 radical (unpaired) electrons. The van der Waals surface area contributed by atoms with Crippen molar-refractivity contribution in [1.29, 1.82) is 0 Å². The fraction of sp³-hybridized carbons (Fsp3) is 0.524. The first-order valence-electron chi connectivity index (χ1n) is 10.1. The molecule has 0 atom stereocenters. The molecular formula is C21H28BrN5O. The number of anilines is 2. The fourth-order valence-corrected chi connectivity index (χ4v) is 4.01. The molecule has 0 saturated carbocycles. The van der Waals surface area contributed by atoms with E-state index < -0.39 is 0 Å². The topological polar surface area (TPSA) is 44.7 Å². The first-order valence-corrected chi connectivity index (χ1v) is 10.9. The van der Waals surface area contributed by atoms with Crippen molar-refractivity contribution in [3.05, 3.63) is 46.1 Å². The lowest BCUT2D eigenvalue weighted by Crippen LogP contribution is -2.47. The van der Waals surface area contributed by atoms with Crippen LogP contribution in [0.4, 0.5) is 11.8 Å². The average Bonchev–Trinajstić information content (AvgIpc) is 2.74. The standard InChI is InChI=1S/C21H28BrN5O/c1-17-16-20(24-21(23-17)27-12-14-28-15-13-27)26-10-8-25(9-11-26)7-6-18-2-4-19(22)5-3-18/h2-5,16H,6-15H2,1H3. The van der Waals surface area contributed by atoms with E-state index >= 15 is 0 Å². The highest BCUT2D eigenvalue weighted by atomic mass is 79.9. The summed E-state index contributed by atoms with van der Waals surface area (Å²) in [6.07, 6.45) is 1.10. The molecule has 6 nitrogen and oxygen atoms in total. The van der Waals surface area contributed by atoms with Crippen LogP contribution >= 0.6 is 15.9 Å². The summed E-state index contributed by atoms with van der Waals surface area (Å²) in [6, 6.07) is 10.8. The molecule has 7 heteroatoms. The summed E-state index contributed by atoms with van der Waals surface area (Å²) < 4.78 is 6.60. The molecule has 4 rings (SSSR count). The van der Waals surface area contributed by atoms with E-state index in [2.05, 4.69) is 72.9 Å². The third-order valence-corrected chi connectivity index (χ3v) is 5.98. The van der Waals surface area contributed by atoms with Crippen molar-refractivity contribution >= 4 is 27.7 Å². The minimum Gasteiger partial charge on any atom is -0.378 e. The highest BCUT2D eigenvalue weighted by molar-refractivity contribution is 9.10. The van der Waals surface area contributed by atoms with Gasteiger partial charge in [-0.3, -0.25) is 4.90 Å². The van der Waals surface area contributed by atoms with Crippen molar-refractivity contribution in [2.45, 2.75) is 13.3 Å². The summed E-state index contributed by atoms with van der Waals surface area (Å²) >= 11 is 3.50. The van der Waals surface area contributed by atoms with Gasteiger partial charge in [0.15, 0.2) is 0 Å². The fourth-order valence-electron chi connectivity index (χ4n) is 3.74. The summed E-state index contributed by atoms with van der Waals surface area (Å²) in [7, 11) is 0. The Kier molecular flexibility index (Phi) is 6.44. The van der Waals surface area contributed by atoms with E-state index in [1.807, 2.05) is 0 Å². The van der Waals surface area contributed by atoms with Crippen LogP contribution in [0.15, 0.2) is 34.8 Å². The van der Waals surface area contributed by atoms with Crippen molar-refractivity contribution in [3.63, 3.8) is 0 Å². The Bertz CT molecular complexity index is 771. The van der Waals surface area contributed by atoms with Gasteiger partial charge >= 0.3 is 0 Å². The van der Waals surface area contributed by atoms with Crippen LogP contribution in [0, 0.1) is 6.92 Å². The maximum Gasteiger partial charge on any atom is 0.227 e. The van der Waals surface area contributed by atoms with E-state index in [-0.39, 0.29) is 0 Å². The van der Waals surface area contributed by atoms with Gasteiger partial charge in [-0.2, -0.15) is 4.98 Å². The molecule has 2 aromatic rings. The molecule has 28 heavy (non-hydrogen) atoms. The number of hydrogen-bond donors (Lipinski definition) is 0. The van der Waals surface area contributed by atoms with Gasteiger partial charge < -0.3 is 14.5 Å². The van der Waals surface area contributed by atoms with E-state index in [1.54, 1.807) is 0 Å². The number of aromatic nitrogens is 2. The van der Waals surface area contributed by atoms with Crippen LogP contribution in [-0.2, 0) is 11.2 Å². The third-order valence-electron chi connectivity index (χ3n) is 5.45. The minimum atomic E-state index is 0.754. The van der Waals surface area contributed by atoms with Crippen LogP contribution in [-0.4, -0.2) is 73.9 Å². The smallest absolute Gasteiger partial charge is 0.227 e. The maximum atomic E-state index is 5.46. The number of rotatable bonds is 5. The largest absolute Gasteiger partial charge is 0.378 e. The zero-order valence-electron chi connectivity index (χ0n) is 16.5. The molecule has 0 amide bonds. The predicted octanol–water partition coefficient (Wildman–Crippen LogP) is 2.75. The number of ether oxygens (including phenoxy) is 1. The van der Waals surface area contributed by atoms with Crippen molar-refractivity contribution in [2.24, 2.45) is 0 Å². The van der Waals surface area contributed by atoms with Crippen molar-refractivity contribution < 1.29 is 4.74 Å². The quantitative estimate of drug-likeness (QED) is 0.704. The van der Waals surface area contributed by atoms with Crippen molar-refractivity contribution in [3.8, 4) is 0 Å². The Balaban J connectivity index is 1.33. The zero-order chi connectivity index (χ0) is 19.3. The van der Waals surface area contributed by atoms with Crippen LogP contribution in [0.5, 0.6) is 0 Å². The van der Waals surface area contributed by atoms with E-state index in [4.69, 9.17) is 9.72 Å². The van der Waals surface area contributed by atoms with E-state index in [0.717, 1.165) is 87.4 Å². The van der Waals surface area contributed by atoms with E-state index in [0.29, 0.717) is 0 Å². The van der Waals surface area contributed by atoms with Crippen LogP contribution in [0.1, 0.15) is 11.3 Å². The lowest BCUT2D eigenvalue weighted by Gasteiger charge is -2.36. The number of piperazine rings is 1. The third kappa shape index (κ3) is 5.01. The first-order chi connectivity index (χ1) is 13.7. The van der Waals surface area contributed by atoms with Gasteiger partial charge in [0.1, 0.15) is 5.82 Å². The minimum absolute atomic E-state index is 0.754. The Morgan fingerprint density at radius 3 is 2.36 bits per heavy atom. The molecule has 2 aliphatic heterocycles. The number of benzene rings is 1. The Hall–Kier alpha value is -1.70. The zero-order valence-corrected chi connectivity index (χ0v) is 18.1. The molecule has 0 spiro atoms. The average molecular weight is 446 g/mol. The van der Waals surface area contributed by atoms with Gasteiger partial charge in [0.05, 0.1) is 13.2 Å². The molecular weight excluding hydrogens is 418 g/mol. The van der Waals surface area contributed by atoms with Gasteiger partial charge in [-0.25, -0.2) is 4.98 Å². The van der Waals surface area contributed by atoms with Gasteiger partial charge in [-0.15, -0.1) is 0 Å². The number of halogens is 1. The molecule has 1 aromatic heterocycles. The summed E-state index contributed by atoms with van der Waals surface area (Å²) in [5, 5.41) is 0. The molecule has 3 heterocycles. The summed E-state index contributed by atoms with van der Waals surface area (Å²) in [6.45, 7) is 10.6. The van der Waals surface area contributed by atoms with Gasteiger partial charge in [0, 0.05) is 62.0 Å². The molecule has 2 saturated heterocycles. The molecule has 150 valence electrons. The van der Waals surface area contributed by atoms with Crippen molar-refractivity contribution in [1.82, 2.24) is 14.9 Å². The molecule has 1 aromatic carbocycles. The second-order valence-electron chi connectivity index (χ2n) is 7.47.